The van der Waals surface area contributed by atoms with Crippen molar-refractivity contribution < 1.29 is 14.3 Å². The van der Waals surface area contributed by atoms with Crippen molar-refractivity contribution in [1.29, 1.82) is 0 Å². The Morgan fingerprint density at radius 1 is 1.11 bits per heavy atom. The number of hydrogen-bond acceptors (Lipinski definition) is 3. The number of fused-ring (bicyclic) bond motifs is 1. The van der Waals surface area contributed by atoms with Gasteiger partial charge in [0.1, 0.15) is 13.2 Å². The van der Waals surface area contributed by atoms with E-state index < -0.39 is 0 Å². The molecule has 2 aliphatic rings. The Hall–Kier alpha value is -1.22. The molecule has 1 heterocycles. The molecular weight excluding hydrogens is 252 g/mol. The molecule has 3 nitrogen and oxygen atoms in total. The average molecular weight is 267 g/mol. The first-order valence-electron chi connectivity index (χ1n) is 6.39. The van der Waals surface area contributed by atoms with Gasteiger partial charge in [0.05, 0.1) is 5.02 Å². The number of ketones is 1. The first-order chi connectivity index (χ1) is 8.75. The number of Topliss-reactive ketones (excluding diaryl/α,β-unsaturated/α-hetero) is 1. The molecule has 1 aromatic rings. The van der Waals surface area contributed by atoms with E-state index in [4.69, 9.17) is 21.1 Å². The van der Waals surface area contributed by atoms with Gasteiger partial charge in [-0.2, -0.15) is 0 Å². The molecule has 0 aromatic heterocycles. The van der Waals surface area contributed by atoms with E-state index in [1.807, 2.05) is 0 Å². The summed E-state index contributed by atoms with van der Waals surface area (Å²) in [5, 5.41) is 0.469. The number of carbonyl (C=O) groups is 1. The third-order valence-electron chi connectivity index (χ3n) is 3.62. The summed E-state index contributed by atoms with van der Waals surface area (Å²) in [4.78, 5) is 12.4. The lowest BCUT2D eigenvalue weighted by atomic mass is 9.96. The van der Waals surface area contributed by atoms with Crippen LogP contribution in [0.15, 0.2) is 12.1 Å². The Labute approximate surface area is 111 Å². The zero-order valence-electron chi connectivity index (χ0n) is 10.1. The molecular formula is C14H15ClO3. The van der Waals surface area contributed by atoms with E-state index in [2.05, 4.69) is 0 Å². The van der Waals surface area contributed by atoms with Gasteiger partial charge in [-0.05, 0) is 18.9 Å². The van der Waals surface area contributed by atoms with E-state index in [0.717, 1.165) is 25.7 Å². The summed E-state index contributed by atoms with van der Waals surface area (Å²) in [7, 11) is 0. The molecule has 0 saturated heterocycles. The van der Waals surface area contributed by atoms with Gasteiger partial charge in [-0.3, -0.25) is 4.79 Å². The van der Waals surface area contributed by atoms with Gasteiger partial charge in [0.25, 0.3) is 0 Å². The minimum atomic E-state index is 0.130. The van der Waals surface area contributed by atoms with Crippen molar-refractivity contribution in [2.45, 2.75) is 25.7 Å². The Morgan fingerprint density at radius 2 is 1.72 bits per heavy atom. The quantitative estimate of drug-likeness (QED) is 0.769. The maximum atomic E-state index is 12.4. The minimum Gasteiger partial charge on any atom is -0.486 e. The summed E-state index contributed by atoms with van der Waals surface area (Å²) in [6.45, 7) is 1.05. The van der Waals surface area contributed by atoms with Crippen LogP contribution >= 0.6 is 11.6 Å². The number of benzene rings is 1. The molecule has 0 atom stereocenters. The minimum absolute atomic E-state index is 0.130. The second-order valence-corrected chi connectivity index (χ2v) is 5.23. The molecule has 96 valence electrons. The molecule has 0 radical (unpaired) electrons. The maximum Gasteiger partial charge on any atom is 0.167 e. The van der Waals surface area contributed by atoms with Crippen LogP contribution in [0.3, 0.4) is 0 Å². The predicted octanol–water partition coefficient (Wildman–Crippen LogP) is 3.48. The molecule has 0 bridgehead atoms. The summed E-state index contributed by atoms with van der Waals surface area (Å²) >= 11 is 6.18. The summed E-state index contributed by atoms with van der Waals surface area (Å²) in [6.07, 6.45) is 4.23. The third kappa shape index (κ3) is 2.07. The average Bonchev–Trinajstić information content (AvgIpc) is 2.91. The lowest BCUT2D eigenvalue weighted by Gasteiger charge is -2.20. The fourth-order valence-corrected chi connectivity index (χ4v) is 2.91. The van der Waals surface area contributed by atoms with Gasteiger partial charge in [-0.25, -0.2) is 0 Å². The summed E-state index contributed by atoms with van der Waals surface area (Å²) in [5.41, 5.74) is 0.577. The van der Waals surface area contributed by atoms with E-state index >= 15 is 0 Å². The monoisotopic (exact) mass is 266 g/mol. The predicted molar refractivity (Wildman–Crippen MR) is 68.7 cm³/mol. The molecule has 1 saturated carbocycles. The lowest BCUT2D eigenvalue weighted by molar-refractivity contribution is 0.0922. The molecule has 4 heteroatoms. The van der Waals surface area contributed by atoms with Crippen molar-refractivity contribution in [1.82, 2.24) is 0 Å². The fourth-order valence-electron chi connectivity index (χ4n) is 2.66. The van der Waals surface area contributed by atoms with Crippen LogP contribution in [0.25, 0.3) is 0 Å². The molecule has 0 N–H and O–H groups in total. The third-order valence-corrected chi connectivity index (χ3v) is 3.94. The zero-order chi connectivity index (χ0) is 12.5. The molecule has 3 rings (SSSR count). The highest BCUT2D eigenvalue weighted by Crippen LogP contribution is 2.38. The zero-order valence-corrected chi connectivity index (χ0v) is 10.8. The first kappa shape index (κ1) is 11.8. The van der Waals surface area contributed by atoms with Gasteiger partial charge < -0.3 is 9.47 Å². The summed E-state index contributed by atoms with van der Waals surface area (Å²) in [6, 6.07) is 3.43. The van der Waals surface area contributed by atoms with Crippen LogP contribution in [-0.2, 0) is 0 Å². The van der Waals surface area contributed by atoms with Crippen LogP contribution in [0.5, 0.6) is 11.5 Å². The van der Waals surface area contributed by atoms with Crippen molar-refractivity contribution >= 4 is 17.4 Å². The van der Waals surface area contributed by atoms with E-state index in [-0.39, 0.29) is 11.7 Å². The van der Waals surface area contributed by atoms with Crippen LogP contribution in [0.1, 0.15) is 36.0 Å². The normalized spacial score (nSPS) is 18.9. The summed E-state index contributed by atoms with van der Waals surface area (Å²) in [5.74, 6) is 1.54. The standard InChI is InChI=1S/C14H15ClO3/c15-11-8-13-12(17-5-6-18-13)7-10(11)14(16)9-3-1-2-4-9/h7-9H,1-6H2. The number of hydrogen-bond donors (Lipinski definition) is 0. The van der Waals surface area contributed by atoms with Crippen molar-refractivity contribution in [2.75, 3.05) is 13.2 Å². The highest BCUT2D eigenvalue weighted by atomic mass is 35.5. The smallest absolute Gasteiger partial charge is 0.167 e. The van der Waals surface area contributed by atoms with Crippen molar-refractivity contribution in [3.8, 4) is 11.5 Å². The van der Waals surface area contributed by atoms with Crippen molar-refractivity contribution in [3.05, 3.63) is 22.7 Å². The van der Waals surface area contributed by atoms with Gasteiger partial charge in [0.2, 0.25) is 0 Å². The van der Waals surface area contributed by atoms with Crippen LogP contribution in [0.4, 0.5) is 0 Å². The van der Waals surface area contributed by atoms with Gasteiger partial charge >= 0.3 is 0 Å². The number of ether oxygens (including phenoxy) is 2. The van der Waals surface area contributed by atoms with Crippen molar-refractivity contribution in [3.63, 3.8) is 0 Å². The van der Waals surface area contributed by atoms with E-state index in [9.17, 15) is 4.79 Å². The Balaban J connectivity index is 1.93. The Morgan fingerprint density at radius 3 is 2.39 bits per heavy atom. The second-order valence-electron chi connectivity index (χ2n) is 4.82. The number of rotatable bonds is 2. The highest BCUT2D eigenvalue weighted by molar-refractivity contribution is 6.34. The molecule has 1 aliphatic heterocycles. The molecule has 18 heavy (non-hydrogen) atoms. The van der Waals surface area contributed by atoms with E-state index in [0.29, 0.717) is 35.3 Å². The van der Waals surface area contributed by atoms with Crippen LogP contribution in [-0.4, -0.2) is 19.0 Å². The van der Waals surface area contributed by atoms with Crippen molar-refractivity contribution in [2.24, 2.45) is 5.92 Å². The van der Waals surface area contributed by atoms with Gasteiger partial charge in [-0.15, -0.1) is 0 Å². The molecule has 1 aliphatic carbocycles. The lowest BCUT2D eigenvalue weighted by Crippen LogP contribution is -2.17. The second kappa shape index (κ2) is 4.81. The van der Waals surface area contributed by atoms with Gasteiger partial charge in [-0.1, -0.05) is 24.4 Å². The van der Waals surface area contributed by atoms with Crippen LogP contribution in [0, 0.1) is 5.92 Å². The molecule has 0 unspecified atom stereocenters. The molecule has 0 spiro atoms. The number of halogens is 1. The topological polar surface area (TPSA) is 35.5 Å². The SMILES string of the molecule is O=C(c1cc2c(cc1Cl)OCCO2)C1CCCC1. The number of carbonyl (C=O) groups excluding carboxylic acids is 1. The molecule has 1 aromatic carbocycles. The van der Waals surface area contributed by atoms with E-state index in [1.54, 1.807) is 12.1 Å². The largest absolute Gasteiger partial charge is 0.486 e. The van der Waals surface area contributed by atoms with E-state index in [1.165, 1.54) is 0 Å². The first-order valence-corrected chi connectivity index (χ1v) is 6.77. The maximum absolute atomic E-state index is 12.4. The fraction of sp³-hybridized carbons (Fsp3) is 0.500. The van der Waals surface area contributed by atoms with Gasteiger partial charge in [0.15, 0.2) is 17.3 Å². The molecule has 1 fully saturated rings. The Bertz CT molecular complexity index is 478. The van der Waals surface area contributed by atoms with Gasteiger partial charge in [0, 0.05) is 17.5 Å². The van der Waals surface area contributed by atoms with Crippen LogP contribution < -0.4 is 9.47 Å². The molecule has 0 amide bonds. The van der Waals surface area contributed by atoms with Crippen LogP contribution in [0.2, 0.25) is 5.02 Å². The summed E-state index contributed by atoms with van der Waals surface area (Å²) < 4.78 is 10.9. The Kier molecular flexibility index (Phi) is 3.16. The highest BCUT2D eigenvalue weighted by Gasteiger charge is 2.27.